The van der Waals surface area contributed by atoms with Gasteiger partial charge in [0.15, 0.2) is 0 Å². The molecule has 1 aromatic heterocycles. The van der Waals surface area contributed by atoms with Crippen LogP contribution >= 0.6 is 0 Å². The Bertz CT molecular complexity index is 1050. The average molecular weight is 388 g/mol. The minimum Gasteiger partial charge on any atom is -0.368 e. The molecule has 4 rings (SSSR count). The highest BCUT2D eigenvalue weighted by atomic mass is 16.2. The summed E-state index contributed by atoms with van der Waals surface area (Å²) in [4.78, 5) is 29.1. The van der Waals surface area contributed by atoms with Crippen LogP contribution < -0.4 is 10.5 Å². The Kier molecular flexibility index (Phi) is 5.42. The molecule has 1 aliphatic rings. The number of carbonyl (C=O) groups is 1. The summed E-state index contributed by atoms with van der Waals surface area (Å²) in [5.74, 6) is -0.0748. The number of aromatic nitrogens is 2. The van der Waals surface area contributed by atoms with Crippen LogP contribution in [0.3, 0.4) is 0 Å². The molecule has 6 heteroatoms. The average Bonchev–Trinajstić information content (AvgIpc) is 2.76. The molecule has 3 aromatic rings. The molecule has 1 fully saturated rings. The zero-order valence-electron chi connectivity index (χ0n) is 16.5. The molecule has 0 spiro atoms. The van der Waals surface area contributed by atoms with E-state index in [2.05, 4.69) is 22.1 Å². The Morgan fingerprint density at radius 3 is 2.31 bits per heavy atom. The van der Waals surface area contributed by atoms with Gasteiger partial charge >= 0.3 is 0 Å². The molecule has 6 nitrogen and oxygen atoms in total. The van der Waals surface area contributed by atoms with Gasteiger partial charge in [-0.25, -0.2) is 4.68 Å². The summed E-state index contributed by atoms with van der Waals surface area (Å²) >= 11 is 0. The van der Waals surface area contributed by atoms with Crippen molar-refractivity contribution in [2.75, 3.05) is 31.1 Å². The molecule has 0 radical (unpaired) electrons. The van der Waals surface area contributed by atoms with Gasteiger partial charge in [0.05, 0.1) is 5.69 Å². The molecule has 0 saturated carbocycles. The largest absolute Gasteiger partial charge is 0.368 e. The highest BCUT2D eigenvalue weighted by Gasteiger charge is 2.22. The Hall–Kier alpha value is -3.41. The van der Waals surface area contributed by atoms with Crippen molar-refractivity contribution in [3.05, 3.63) is 82.6 Å². The third-order valence-corrected chi connectivity index (χ3v) is 5.33. The number of benzene rings is 2. The molecule has 2 heterocycles. The van der Waals surface area contributed by atoms with Gasteiger partial charge in [-0.05, 0) is 30.7 Å². The van der Waals surface area contributed by atoms with Gasteiger partial charge < -0.3 is 9.80 Å². The summed E-state index contributed by atoms with van der Waals surface area (Å²) in [6.45, 7) is 4.80. The van der Waals surface area contributed by atoms with E-state index in [9.17, 15) is 9.59 Å². The Labute approximate surface area is 170 Å². The quantitative estimate of drug-likeness (QED) is 0.689. The number of nitrogens with zero attached hydrogens (tertiary/aromatic N) is 4. The third-order valence-electron chi connectivity index (χ3n) is 5.33. The van der Waals surface area contributed by atoms with Crippen molar-refractivity contribution in [2.45, 2.75) is 13.5 Å². The van der Waals surface area contributed by atoms with Gasteiger partial charge in [-0.2, -0.15) is 5.10 Å². The molecule has 29 heavy (non-hydrogen) atoms. The summed E-state index contributed by atoms with van der Waals surface area (Å²) in [6, 6.07) is 21.3. The summed E-state index contributed by atoms with van der Waals surface area (Å²) < 4.78 is 1.27. The van der Waals surface area contributed by atoms with Crippen LogP contribution in [0.15, 0.2) is 71.5 Å². The predicted octanol–water partition coefficient (Wildman–Crippen LogP) is 2.57. The summed E-state index contributed by atoms with van der Waals surface area (Å²) in [5, 5.41) is 4.45. The molecule has 148 valence electrons. The van der Waals surface area contributed by atoms with Crippen molar-refractivity contribution in [2.24, 2.45) is 0 Å². The number of carbonyl (C=O) groups excluding carboxylic acids is 1. The molecular weight excluding hydrogens is 364 g/mol. The second-order valence-corrected chi connectivity index (χ2v) is 7.23. The first-order valence-corrected chi connectivity index (χ1v) is 9.84. The van der Waals surface area contributed by atoms with Gasteiger partial charge in [-0.15, -0.1) is 0 Å². The molecular formula is C23H24N4O2. The maximum Gasteiger partial charge on any atom is 0.267 e. The number of rotatable bonds is 4. The predicted molar refractivity (Wildman–Crippen MR) is 114 cm³/mol. The normalized spacial score (nSPS) is 14.1. The summed E-state index contributed by atoms with van der Waals surface area (Å²) in [6.07, 6.45) is 0. The first-order chi connectivity index (χ1) is 14.1. The van der Waals surface area contributed by atoms with Gasteiger partial charge in [0.1, 0.15) is 6.54 Å². The first-order valence-electron chi connectivity index (χ1n) is 9.84. The SMILES string of the molecule is Cc1ccccc1-c1ccc(=O)n(CC(=O)N2CCN(c3ccccc3)CC2)n1. The second-order valence-electron chi connectivity index (χ2n) is 7.23. The fraction of sp³-hybridized carbons (Fsp3) is 0.261. The zero-order chi connectivity index (χ0) is 20.2. The van der Waals surface area contributed by atoms with E-state index in [1.54, 1.807) is 6.07 Å². The topological polar surface area (TPSA) is 58.4 Å². The van der Waals surface area contributed by atoms with Crippen molar-refractivity contribution < 1.29 is 4.79 Å². The lowest BCUT2D eigenvalue weighted by atomic mass is 10.1. The van der Waals surface area contributed by atoms with Crippen LogP contribution in [0, 0.1) is 6.92 Å². The van der Waals surface area contributed by atoms with E-state index in [0.29, 0.717) is 18.8 Å². The molecule has 0 N–H and O–H groups in total. The molecule has 1 saturated heterocycles. The van der Waals surface area contributed by atoms with E-state index in [-0.39, 0.29) is 18.0 Å². The van der Waals surface area contributed by atoms with Crippen molar-refractivity contribution in [1.82, 2.24) is 14.7 Å². The number of hydrogen-bond acceptors (Lipinski definition) is 4. The standard InChI is InChI=1S/C23H24N4O2/c1-18-7-5-6-10-20(18)21-11-12-22(28)27(24-21)17-23(29)26-15-13-25(14-16-26)19-8-3-2-4-9-19/h2-12H,13-17H2,1H3. The minimum absolute atomic E-state index is 0.0378. The fourth-order valence-corrected chi connectivity index (χ4v) is 3.65. The third kappa shape index (κ3) is 4.21. The molecule has 1 aliphatic heterocycles. The van der Waals surface area contributed by atoms with E-state index >= 15 is 0 Å². The molecule has 0 bridgehead atoms. The van der Waals surface area contributed by atoms with Gasteiger partial charge in [-0.1, -0.05) is 42.5 Å². The van der Waals surface area contributed by atoms with Crippen LogP contribution in [-0.4, -0.2) is 46.8 Å². The van der Waals surface area contributed by atoms with Crippen molar-refractivity contribution in [3.8, 4) is 11.3 Å². The molecule has 0 unspecified atom stereocenters. The maximum absolute atomic E-state index is 12.8. The number of amides is 1. The second kappa shape index (κ2) is 8.31. The lowest BCUT2D eigenvalue weighted by Crippen LogP contribution is -2.50. The highest BCUT2D eigenvalue weighted by molar-refractivity contribution is 5.76. The molecule has 0 atom stereocenters. The number of piperazine rings is 1. The first kappa shape index (κ1) is 18.9. The van der Waals surface area contributed by atoms with Crippen LogP contribution in [0.4, 0.5) is 5.69 Å². The van der Waals surface area contributed by atoms with E-state index < -0.39 is 0 Å². The van der Waals surface area contributed by atoms with Gasteiger partial charge in [-0.3, -0.25) is 9.59 Å². The number of hydrogen-bond donors (Lipinski definition) is 0. The van der Waals surface area contributed by atoms with Crippen molar-refractivity contribution in [1.29, 1.82) is 0 Å². The summed E-state index contributed by atoms with van der Waals surface area (Å²) in [7, 11) is 0. The van der Waals surface area contributed by atoms with Crippen LogP contribution in [0.5, 0.6) is 0 Å². The Morgan fingerprint density at radius 2 is 1.59 bits per heavy atom. The van der Waals surface area contributed by atoms with E-state index in [4.69, 9.17) is 0 Å². The maximum atomic E-state index is 12.8. The lowest BCUT2D eigenvalue weighted by molar-refractivity contribution is -0.132. The zero-order valence-corrected chi connectivity index (χ0v) is 16.5. The number of aryl methyl sites for hydroxylation is 1. The Morgan fingerprint density at radius 1 is 0.897 bits per heavy atom. The summed E-state index contributed by atoms with van der Waals surface area (Å²) in [5.41, 5.74) is 3.64. The highest BCUT2D eigenvalue weighted by Crippen LogP contribution is 2.20. The van der Waals surface area contributed by atoms with Crippen LogP contribution in [0.1, 0.15) is 5.56 Å². The van der Waals surface area contributed by atoms with E-state index in [1.165, 1.54) is 16.4 Å². The van der Waals surface area contributed by atoms with Crippen LogP contribution in [0.2, 0.25) is 0 Å². The number of para-hydroxylation sites is 1. The Balaban J connectivity index is 1.44. The monoisotopic (exact) mass is 388 g/mol. The van der Waals surface area contributed by atoms with Gasteiger partial charge in [0, 0.05) is 43.5 Å². The van der Waals surface area contributed by atoms with Gasteiger partial charge in [0.2, 0.25) is 5.91 Å². The lowest BCUT2D eigenvalue weighted by Gasteiger charge is -2.36. The fourth-order valence-electron chi connectivity index (χ4n) is 3.65. The van der Waals surface area contributed by atoms with Crippen LogP contribution in [-0.2, 0) is 11.3 Å². The van der Waals surface area contributed by atoms with Crippen molar-refractivity contribution >= 4 is 11.6 Å². The molecule has 2 aromatic carbocycles. The van der Waals surface area contributed by atoms with Crippen LogP contribution in [0.25, 0.3) is 11.3 Å². The minimum atomic E-state index is -0.265. The van der Waals surface area contributed by atoms with E-state index in [0.717, 1.165) is 24.2 Å². The van der Waals surface area contributed by atoms with Crippen molar-refractivity contribution in [3.63, 3.8) is 0 Å². The smallest absolute Gasteiger partial charge is 0.267 e. The molecule has 0 aliphatic carbocycles. The van der Waals surface area contributed by atoms with Gasteiger partial charge in [0.25, 0.3) is 5.56 Å². The van der Waals surface area contributed by atoms with E-state index in [1.807, 2.05) is 54.3 Å². The molecule has 1 amide bonds. The number of anilines is 1.